The predicted molar refractivity (Wildman–Crippen MR) is 97.2 cm³/mol. The minimum Gasteiger partial charge on any atom is -0.334 e. The summed E-state index contributed by atoms with van der Waals surface area (Å²) in [4.78, 5) is 23.6. The fourth-order valence-corrected chi connectivity index (χ4v) is 2.06. The lowest BCUT2D eigenvalue weighted by Crippen LogP contribution is -2.28. The SMILES string of the molecule is CC(C)C(=O)Nc1cccc(CNC(=O)Nc2ccc(Cl)cc2)c1. The van der Waals surface area contributed by atoms with Crippen molar-refractivity contribution in [3.63, 3.8) is 0 Å². The first-order chi connectivity index (χ1) is 11.4. The van der Waals surface area contributed by atoms with Gasteiger partial charge in [-0.3, -0.25) is 4.79 Å². The van der Waals surface area contributed by atoms with Crippen LogP contribution in [0, 0.1) is 5.92 Å². The molecule has 0 bridgehead atoms. The maximum atomic E-state index is 11.9. The smallest absolute Gasteiger partial charge is 0.319 e. The summed E-state index contributed by atoms with van der Waals surface area (Å²) in [6.07, 6.45) is 0. The van der Waals surface area contributed by atoms with E-state index in [2.05, 4.69) is 16.0 Å². The molecule has 0 aliphatic heterocycles. The van der Waals surface area contributed by atoms with E-state index in [0.717, 1.165) is 5.56 Å². The Morgan fingerprint density at radius 1 is 1.00 bits per heavy atom. The number of halogens is 1. The Morgan fingerprint density at radius 3 is 2.38 bits per heavy atom. The number of hydrogen-bond donors (Lipinski definition) is 3. The zero-order chi connectivity index (χ0) is 17.5. The van der Waals surface area contributed by atoms with Crippen LogP contribution in [0.3, 0.4) is 0 Å². The molecular formula is C18H20ClN3O2. The normalized spacial score (nSPS) is 10.3. The Hall–Kier alpha value is -2.53. The lowest BCUT2D eigenvalue weighted by atomic mass is 10.1. The molecule has 0 saturated carbocycles. The van der Waals surface area contributed by atoms with E-state index in [1.54, 1.807) is 24.3 Å². The molecule has 0 radical (unpaired) electrons. The van der Waals surface area contributed by atoms with Crippen LogP contribution in [-0.2, 0) is 11.3 Å². The van der Waals surface area contributed by atoms with Crippen LogP contribution in [-0.4, -0.2) is 11.9 Å². The largest absolute Gasteiger partial charge is 0.334 e. The van der Waals surface area contributed by atoms with Crippen molar-refractivity contribution in [3.8, 4) is 0 Å². The number of rotatable bonds is 5. The minimum atomic E-state index is -0.311. The average Bonchev–Trinajstić information content (AvgIpc) is 2.55. The second-order valence-electron chi connectivity index (χ2n) is 5.66. The molecule has 2 aromatic carbocycles. The first kappa shape index (κ1) is 17.8. The molecule has 24 heavy (non-hydrogen) atoms. The van der Waals surface area contributed by atoms with Gasteiger partial charge in [0.25, 0.3) is 0 Å². The quantitative estimate of drug-likeness (QED) is 0.757. The molecule has 5 nitrogen and oxygen atoms in total. The highest BCUT2D eigenvalue weighted by atomic mass is 35.5. The number of carbonyl (C=O) groups is 2. The van der Waals surface area contributed by atoms with Gasteiger partial charge in [-0.2, -0.15) is 0 Å². The van der Waals surface area contributed by atoms with E-state index in [-0.39, 0.29) is 17.9 Å². The molecule has 2 aromatic rings. The van der Waals surface area contributed by atoms with Gasteiger partial charge in [-0.1, -0.05) is 37.6 Å². The molecular weight excluding hydrogens is 326 g/mol. The summed E-state index contributed by atoms with van der Waals surface area (Å²) in [5, 5.41) is 8.94. The number of hydrogen-bond acceptors (Lipinski definition) is 2. The second kappa shape index (κ2) is 8.36. The van der Waals surface area contributed by atoms with E-state index in [0.29, 0.717) is 22.9 Å². The van der Waals surface area contributed by atoms with Crippen molar-refractivity contribution in [2.75, 3.05) is 10.6 Å². The fourth-order valence-electron chi connectivity index (χ4n) is 1.94. The van der Waals surface area contributed by atoms with Crippen LogP contribution in [0.25, 0.3) is 0 Å². The number of anilines is 2. The monoisotopic (exact) mass is 345 g/mol. The highest BCUT2D eigenvalue weighted by Crippen LogP contribution is 2.14. The molecule has 2 rings (SSSR count). The van der Waals surface area contributed by atoms with Crippen molar-refractivity contribution >= 4 is 34.9 Å². The van der Waals surface area contributed by atoms with Crippen LogP contribution >= 0.6 is 11.6 Å². The average molecular weight is 346 g/mol. The lowest BCUT2D eigenvalue weighted by Gasteiger charge is -2.11. The molecule has 0 unspecified atom stereocenters. The van der Waals surface area contributed by atoms with Gasteiger partial charge in [-0.15, -0.1) is 0 Å². The molecule has 6 heteroatoms. The minimum absolute atomic E-state index is 0.0411. The van der Waals surface area contributed by atoms with E-state index < -0.39 is 0 Å². The van der Waals surface area contributed by atoms with E-state index >= 15 is 0 Å². The zero-order valence-corrected chi connectivity index (χ0v) is 14.4. The number of carbonyl (C=O) groups excluding carboxylic acids is 2. The molecule has 3 amide bonds. The van der Waals surface area contributed by atoms with E-state index in [4.69, 9.17) is 11.6 Å². The van der Waals surface area contributed by atoms with Crippen LogP contribution in [0.15, 0.2) is 48.5 Å². The summed E-state index contributed by atoms with van der Waals surface area (Å²) in [5.41, 5.74) is 2.27. The van der Waals surface area contributed by atoms with Crippen molar-refractivity contribution in [1.29, 1.82) is 0 Å². The summed E-state index contributed by atoms with van der Waals surface area (Å²) < 4.78 is 0. The van der Waals surface area contributed by atoms with Gasteiger partial charge in [-0.05, 0) is 42.0 Å². The third-order valence-electron chi connectivity index (χ3n) is 3.27. The first-order valence-electron chi connectivity index (χ1n) is 7.64. The second-order valence-corrected chi connectivity index (χ2v) is 6.10. The predicted octanol–water partition coefficient (Wildman–Crippen LogP) is 4.26. The fraction of sp³-hybridized carbons (Fsp3) is 0.222. The van der Waals surface area contributed by atoms with Gasteiger partial charge in [-0.25, -0.2) is 4.79 Å². The summed E-state index contributed by atoms with van der Waals surface area (Å²) in [5.74, 6) is -0.127. The summed E-state index contributed by atoms with van der Waals surface area (Å²) in [7, 11) is 0. The van der Waals surface area contributed by atoms with Crippen molar-refractivity contribution in [3.05, 3.63) is 59.1 Å². The first-order valence-corrected chi connectivity index (χ1v) is 8.02. The Balaban J connectivity index is 1.88. The molecule has 0 aliphatic carbocycles. The molecule has 0 aliphatic rings. The van der Waals surface area contributed by atoms with Gasteiger partial charge < -0.3 is 16.0 Å². The number of nitrogens with one attached hydrogen (secondary N) is 3. The van der Waals surface area contributed by atoms with E-state index in [1.165, 1.54) is 0 Å². The zero-order valence-electron chi connectivity index (χ0n) is 13.6. The molecule has 0 atom stereocenters. The molecule has 0 aromatic heterocycles. The van der Waals surface area contributed by atoms with Crippen molar-refractivity contribution in [1.82, 2.24) is 5.32 Å². The molecule has 0 fully saturated rings. The third-order valence-corrected chi connectivity index (χ3v) is 3.53. The summed E-state index contributed by atoms with van der Waals surface area (Å²) in [6.45, 7) is 4.02. The van der Waals surface area contributed by atoms with Crippen LogP contribution in [0.4, 0.5) is 16.2 Å². The molecule has 0 saturated heterocycles. The number of urea groups is 1. The van der Waals surface area contributed by atoms with Gasteiger partial charge in [0.05, 0.1) is 0 Å². The van der Waals surface area contributed by atoms with Gasteiger partial charge in [0.15, 0.2) is 0 Å². The van der Waals surface area contributed by atoms with Gasteiger partial charge in [0.2, 0.25) is 5.91 Å². The van der Waals surface area contributed by atoms with E-state index in [1.807, 2.05) is 38.1 Å². The molecule has 3 N–H and O–H groups in total. The van der Waals surface area contributed by atoms with Crippen LogP contribution < -0.4 is 16.0 Å². The Morgan fingerprint density at radius 2 is 1.71 bits per heavy atom. The third kappa shape index (κ3) is 5.59. The maximum absolute atomic E-state index is 11.9. The van der Waals surface area contributed by atoms with E-state index in [9.17, 15) is 9.59 Å². The number of amides is 3. The van der Waals surface area contributed by atoms with Crippen LogP contribution in [0.2, 0.25) is 5.02 Å². The van der Waals surface area contributed by atoms with Gasteiger partial charge >= 0.3 is 6.03 Å². The number of benzene rings is 2. The topological polar surface area (TPSA) is 70.2 Å². The maximum Gasteiger partial charge on any atom is 0.319 e. The van der Waals surface area contributed by atoms with Crippen molar-refractivity contribution < 1.29 is 9.59 Å². The van der Waals surface area contributed by atoms with Crippen LogP contribution in [0.5, 0.6) is 0 Å². The Kier molecular flexibility index (Phi) is 6.21. The summed E-state index contributed by atoms with van der Waals surface area (Å²) in [6, 6.07) is 13.9. The highest BCUT2D eigenvalue weighted by molar-refractivity contribution is 6.30. The van der Waals surface area contributed by atoms with Gasteiger partial charge in [0, 0.05) is 28.9 Å². The lowest BCUT2D eigenvalue weighted by molar-refractivity contribution is -0.118. The molecule has 126 valence electrons. The Bertz CT molecular complexity index is 714. The van der Waals surface area contributed by atoms with Crippen molar-refractivity contribution in [2.45, 2.75) is 20.4 Å². The van der Waals surface area contributed by atoms with Crippen molar-refractivity contribution in [2.24, 2.45) is 5.92 Å². The Labute approximate surface area is 146 Å². The van der Waals surface area contributed by atoms with Crippen LogP contribution in [0.1, 0.15) is 19.4 Å². The molecule has 0 spiro atoms. The summed E-state index contributed by atoms with van der Waals surface area (Å²) >= 11 is 5.80. The highest BCUT2D eigenvalue weighted by Gasteiger charge is 2.07. The van der Waals surface area contributed by atoms with Gasteiger partial charge in [0.1, 0.15) is 0 Å². The molecule has 0 heterocycles. The standard InChI is InChI=1S/C18H20ClN3O2/c1-12(2)17(23)21-16-5-3-4-13(10-16)11-20-18(24)22-15-8-6-14(19)7-9-15/h3-10,12H,11H2,1-2H3,(H,21,23)(H2,20,22,24).